The summed E-state index contributed by atoms with van der Waals surface area (Å²) in [6, 6.07) is 14.7. The number of aliphatic hydroxyl groups excluding tert-OH is 1. The Balaban J connectivity index is 2.00. The summed E-state index contributed by atoms with van der Waals surface area (Å²) in [5.74, 6) is 0.805. The molecule has 21 heavy (non-hydrogen) atoms. The Hall–Kier alpha value is -1.32. The lowest BCUT2D eigenvalue weighted by Crippen LogP contribution is -2.02. The minimum atomic E-state index is -0.582. The van der Waals surface area contributed by atoms with Crippen LogP contribution in [-0.2, 0) is 6.42 Å². The van der Waals surface area contributed by atoms with Crippen LogP contribution in [0.4, 0.5) is 4.39 Å². The summed E-state index contributed by atoms with van der Waals surface area (Å²) < 4.78 is 13.5. The van der Waals surface area contributed by atoms with Gasteiger partial charge in [0, 0.05) is 10.6 Å². The second-order valence-corrected chi connectivity index (χ2v) is 6.66. The number of hydrogen-bond donors (Lipinski definition) is 1. The molecule has 0 aliphatic rings. The fraction of sp³-hybridized carbons (Fsp3) is 0.333. The second-order valence-electron chi connectivity index (χ2n) is 5.60. The average molecular weight is 304 g/mol. The first-order valence-electron chi connectivity index (χ1n) is 7.20. The summed E-state index contributed by atoms with van der Waals surface area (Å²) in [5.41, 5.74) is 2.13. The fourth-order valence-corrected chi connectivity index (χ4v) is 3.14. The zero-order valence-corrected chi connectivity index (χ0v) is 13.2. The second kappa shape index (κ2) is 7.62. The van der Waals surface area contributed by atoms with Crippen molar-refractivity contribution in [3.8, 4) is 0 Å². The quantitative estimate of drug-likeness (QED) is 0.770. The highest BCUT2D eigenvalue weighted by atomic mass is 32.2. The van der Waals surface area contributed by atoms with Crippen molar-refractivity contribution in [3.63, 3.8) is 0 Å². The van der Waals surface area contributed by atoms with Crippen molar-refractivity contribution in [1.82, 2.24) is 0 Å². The van der Waals surface area contributed by atoms with Gasteiger partial charge in [0.2, 0.25) is 0 Å². The van der Waals surface area contributed by atoms with Gasteiger partial charge in [0.1, 0.15) is 5.82 Å². The van der Waals surface area contributed by atoms with E-state index < -0.39 is 6.10 Å². The Labute approximate surface area is 130 Å². The first-order valence-corrected chi connectivity index (χ1v) is 8.19. The number of rotatable bonds is 6. The van der Waals surface area contributed by atoms with E-state index in [0.717, 1.165) is 12.0 Å². The van der Waals surface area contributed by atoms with Crippen molar-refractivity contribution < 1.29 is 9.50 Å². The van der Waals surface area contributed by atoms with Crippen molar-refractivity contribution >= 4 is 11.8 Å². The zero-order valence-electron chi connectivity index (χ0n) is 12.4. The van der Waals surface area contributed by atoms with E-state index in [9.17, 15) is 9.50 Å². The standard InChI is InChI=1S/C18H21FOS/c1-13(2)10-14-6-5-7-15(11-14)17(20)12-21-18-9-4-3-8-16(18)19/h3-9,11,13,17,20H,10,12H2,1-2H3. The molecule has 0 saturated heterocycles. The molecular formula is C18H21FOS. The van der Waals surface area contributed by atoms with Gasteiger partial charge in [-0.15, -0.1) is 11.8 Å². The van der Waals surface area contributed by atoms with Gasteiger partial charge in [0.15, 0.2) is 0 Å². The maximum atomic E-state index is 13.5. The van der Waals surface area contributed by atoms with Gasteiger partial charge in [0.25, 0.3) is 0 Å². The van der Waals surface area contributed by atoms with Gasteiger partial charge in [-0.2, -0.15) is 0 Å². The molecule has 0 fully saturated rings. The van der Waals surface area contributed by atoms with E-state index in [-0.39, 0.29) is 5.82 Å². The monoisotopic (exact) mass is 304 g/mol. The normalized spacial score (nSPS) is 12.6. The van der Waals surface area contributed by atoms with Crippen molar-refractivity contribution in [3.05, 3.63) is 65.5 Å². The van der Waals surface area contributed by atoms with Gasteiger partial charge in [-0.1, -0.05) is 50.2 Å². The van der Waals surface area contributed by atoms with Crippen LogP contribution >= 0.6 is 11.8 Å². The van der Waals surface area contributed by atoms with Gasteiger partial charge in [-0.05, 0) is 35.6 Å². The summed E-state index contributed by atoms with van der Waals surface area (Å²) in [6.07, 6.45) is 0.419. The highest BCUT2D eigenvalue weighted by Gasteiger charge is 2.11. The molecule has 1 atom stereocenters. The minimum Gasteiger partial charge on any atom is -0.388 e. The van der Waals surface area contributed by atoms with Gasteiger partial charge >= 0.3 is 0 Å². The molecule has 0 aliphatic heterocycles. The van der Waals surface area contributed by atoms with E-state index in [1.54, 1.807) is 18.2 Å². The maximum Gasteiger partial charge on any atom is 0.136 e. The molecule has 2 rings (SSSR count). The molecule has 3 heteroatoms. The molecule has 0 aliphatic carbocycles. The van der Waals surface area contributed by atoms with Crippen LogP contribution in [0.1, 0.15) is 31.1 Å². The maximum absolute atomic E-state index is 13.5. The molecule has 112 valence electrons. The van der Waals surface area contributed by atoms with Gasteiger partial charge in [0.05, 0.1) is 6.10 Å². The zero-order chi connectivity index (χ0) is 15.2. The Morgan fingerprint density at radius 2 is 1.86 bits per heavy atom. The summed E-state index contributed by atoms with van der Waals surface area (Å²) in [5, 5.41) is 10.3. The van der Waals surface area contributed by atoms with E-state index in [1.807, 2.05) is 18.2 Å². The molecule has 0 saturated carbocycles. The molecule has 1 unspecified atom stereocenters. The molecule has 2 aromatic carbocycles. The van der Waals surface area contributed by atoms with Crippen LogP contribution in [0.2, 0.25) is 0 Å². The summed E-state index contributed by atoms with van der Waals surface area (Å²) in [6.45, 7) is 4.36. The number of thioether (sulfide) groups is 1. The lowest BCUT2D eigenvalue weighted by molar-refractivity contribution is 0.204. The van der Waals surface area contributed by atoms with Crippen LogP contribution < -0.4 is 0 Å². The van der Waals surface area contributed by atoms with E-state index in [0.29, 0.717) is 16.6 Å². The summed E-state index contributed by atoms with van der Waals surface area (Å²) in [7, 11) is 0. The van der Waals surface area contributed by atoms with Crippen LogP contribution in [0.15, 0.2) is 53.4 Å². The Morgan fingerprint density at radius 1 is 1.10 bits per heavy atom. The summed E-state index contributed by atoms with van der Waals surface area (Å²) in [4.78, 5) is 0.579. The number of aliphatic hydroxyl groups is 1. The molecule has 1 N–H and O–H groups in total. The van der Waals surface area contributed by atoms with Crippen molar-refractivity contribution in [2.24, 2.45) is 5.92 Å². The van der Waals surface area contributed by atoms with E-state index >= 15 is 0 Å². The number of halogens is 1. The lowest BCUT2D eigenvalue weighted by Gasteiger charge is -2.13. The molecule has 0 bridgehead atoms. The Bertz CT molecular complexity index is 583. The molecule has 0 radical (unpaired) electrons. The highest BCUT2D eigenvalue weighted by Crippen LogP contribution is 2.27. The predicted octanol–water partition coefficient (Wildman–Crippen LogP) is 4.85. The van der Waals surface area contributed by atoms with E-state index in [4.69, 9.17) is 0 Å². The van der Waals surface area contributed by atoms with Crippen molar-refractivity contribution in [1.29, 1.82) is 0 Å². The lowest BCUT2D eigenvalue weighted by atomic mass is 9.99. The van der Waals surface area contributed by atoms with Crippen LogP contribution in [-0.4, -0.2) is 10.9 Å². The molecule has 0 heterocycles. The first-order chi connectivity index (χ1) is 10.1. The SMILES string of the molecule is CC(C)Cc1cccc(C(O)CSc2ccccc2F)c1. The van der Waals surface area contributed by atoms with Crippen LogP contribution in [0.3, 0.4) is 0 Å². The third kappa shape index (κ3) is 4.87. The molecule has 0 spiro atoms. The largest absolute Gasteiger partial charge is 0.388 e. The van der Waals surface area contributed by atoms with Gasteiger partial charge in [-0.25, -0.2) is 4.39 Å². The third-order valence-electron chi connectivity index (χ3n) is 3.21. The van der Waals surface area contributed by atoms with Crippen LogP contribution in [0.5, 0.6) is 0 Å². The van der Waals surface area contributed by atoms with Crippen molar-refractivity contribution in [2.75, 3.05) is 5.75 Å². The molecule has 0 aromatic heterocycles. The van der Waals surface area contributed by atoms with E-state index in [1.165, 1.54) is 23.4 Å². The van der Waals surface area contributed by atoms with Crippen LogP contribution in [0, 0.1) is 11.7 Å². The molecule has 2 aromatic rings. The Kier molecular flexibility index (Phi) is 5.83. The number of hydrogen-bond acceptors (Lipinski definition) is 2. The predicted molar refractivity (Wildman–Crippen MR) is 87.1 cm³/mol. The molecule has 1 nitrogen and oxygen atoms in total. The molecule has 0 amide bonds. The van der Waals surface area contributed by atoms with Crippen molar-refractivity contribution in [2.45, 2.75) is 31.3 Å². The topological polar surface area (TPSA) is 20.2 Å². The molecular weight excluding hydrogens is 283 g/mol. The summed E-state index contributed by atoms with van der Waals surface area (Å²) >= 11 is 1.34. The fourth-order valence-electron chi connectivity index (χ4n) is 2.23. The first kappa shape index (κ1) is 16.1. The Morgan fingerprint density at radius 3 is 2.57 bits per heavy atom. The number of benzene rings is 2. The highest BCUT2D eigenvalue weighted by molar-refractivity contribution is 7.99. The smallest absolute Gasteiger partial charge is 0.136 e. The van der Waals surface area contributed by atoms with Gasteiger partial charge < -0.3 is 5.11 Å². The van der Waals surface area contributed by atoms with Gasteiger partial charge in [-0.3, -0.25) is 0 Å². The van der Waals surface area contributed by atoms with E-state index in [2.05, 4.69) is 19.9 Å². The minimum absolute atomic E-state index is 0.233. The third-order valence-corrected chi connectivity index (χ3v) is 4.34. The van der Waals surface area contributed by atoms with Crippen LogP contribution in [0.25, 0.3) is 0 Å². The average Bonchev–Trinajstić information content (AvgIpc) is 2.45.